The first kappa shape index (κ1) is 18.9. The second kappa shape index (κ2) is 8.68. The predicted molar refractivity (Wildman–Crippen MR) is 109 cm³/mol. The highest BCUT2D eigenvalue weighted by Gasteiger charge is 2.29. The molecule has 0 aliphatic carbocycles. The van der Waals surface area contributed by atoms with Gasteiger partial charge in [-0.2, -0.15) is 0 Å². The molecule has 1 aliphatic rings. The van der Waals surface area contributed by atoms with Crippen molar-refractivity contribution in [2.75, 3.05) is 31.6 Å². The first-order chi connectivity index (χ1) is 13.8. The van der Waals surface area contributed by atoms with Crippen molar-refractivity contribution >= 4 is 22.2 Å². The number of carbonyl (C=O) groups is 1. The number of nitrogens with zero attached hydrogens (tertiary/aromatic N) is 2. The SMILES string of the molecule is CCc1cc([C@H](c2ccccn2)N2CCOCC2)c(NC(=O)c2ccco2)s1. The second-order valence-electron chi connectivity index (χ2n) is 6.59. The minimum absolute atomic E-state index is 0.0337. The molecule has 6 nitrogen and oxygen atoms in total. The van der Waals surface area contributed by atoms with Crippen LogP contribution in [-0.2, 0) is 11.2 Å². The van der Waals surface area contributed by atoms with Crippen molar-refractivity contribution in [1.82, 2.24) is 9.88 Å². The van der Waals surface area contributed by atoms with E-state index in [-0.39, 0.29) is 11.9 Å². The zero-order valence-electron chi connectivity index (χ0n) is 15.8. The number of pyridine rings is 1. The number of rotatable bonds is 6. The molecule has 0 unspecified atom stereocenters. The number of nitrogens with one attached hydrogen (secondary N) is 1. The number of ether oxygens (including phenoxy) is 1. The number of morpholine rings is 1. The quantitative estimate of drug-likeness (QED) is 0.682. The third kappa shape index (κ3) is 4.01. The van der Waals surface area contributed by atoms with Crippen LogP contribution in [0.4, 0.5) is 5.00 Å². The summed E-state index contributed by atoms with van der Waals surface area (Å²) < 4.78 is 10.8. The molecule has 28 heavy (non-hydrogen) atoms. The van der Waals surface area contributed by atoms with Crippen molar-refractivity contribution in [3.63, 3.8) is 0 Å². The Kier molecular flexibility index (Phi) is 5.85. The molecule has 0 aromatic carbocycles. The third-order valence-electron chi connectivity index (χ3n) is 4.81. The van der Waals surface area contributed by atoms with Crippen molar-refractivity contribution in [3.8, 4) is 0 Å². The van der Waals surface area contributed by atoms with Crippen LogP contribution in [0.5, 0.6) is 0 Å². The number of amides is 1. The van der Waals surface area contributed by atoms with Crippen LogP contribution >= 0.6 is 11.3 Å². The van der Waals surface area contributed by atoms with Gasteiger partial charge in [0.25, 0.3) is 5.91 Å². The molecule has 3 aromatic rings. The van der Waals surface area contributed by atoms with Crippen LogP contribution in [-0.4, -0.2) is 42.1 Å². The Labute approximate surface area is 168 Å². The molecule has 4 heterocycles. The molecule has 3 aromatic heterocycles. The summed E-state index contributed by atoms with van der Waals surface area (Å²) in [6, 6.07) is 11.5. The number of anilines is 1. The van der Waals surface area contributed by atoms with Gasteiger partial charge in [-0.25, -0.2) is 0 Å². The van der Waals surface area contributed by atoms with Crippen molar-refractivity contribution in [2.24, 2.45) is 0 Å². The molecule has 146 valence electrons. The van der Waals surface area contributed by atoms with E-state index in [4.69, 9.17) is 9.15 Å². The Morgan fingerprint density at radius 1 is 1.29 bits per heavy atom. The van der Waals surface area contributed by atoms with E-state index in [9.17, 15) is 4.79 Å². The molecule has 1 saturated heterocycles. The number of hydrogen-bond acceptors (Lipinski definition) is 6. The Morgan fingerprint density at radius 3 is 2.82 bits per heavy atom. The van der Waals surface area contributed by atoms with E-state index in [1.165, 1.54) is 11.1 Å². The van der Waals surface area contributed by atoms with Gasteiger partial charge >= 0.3 is 0 Å². The van der Waals surface area contributed by atoms with Crippen molar-refractivity contribution in [1.29, 1.82) is 0 Å². The second-order valence-corrected chi connectivity index (χ2v) is 7.72. The van der Waals surface area contributed by atoms with Crippen molar-refractivity contribution < 1.29 is 13.9 Å². The van der Waals surface area contributed by atoms with Gasteiger partial charge in [-0.05, 0) is 36.8 Å². The van der Waals surface area contributed by atoms with Gasteiger partial charge in [0.2, 0.25) is 0 Å². The fourth-order valence-corrected chi connectivity index (χ4v) is 4.45. The van der Waals surface area contributed by atoms with Gasteiger partial charge in [-0.15, -0.1) is 11.3 Å². The van der Waals surface area contributed by atoms with Gasteiger partial charge in [0, 0.05) is 29.7 Å². The molecule has 1 fully saturated rings. The topological polar surface area (TPSA) is 67.6 Å². The average Bonchev–Trinajstić information content (AvgIpc) is 3.41. The number of thiophene rings is 1. The van der Waals surface area contributed by atoms with Crippen LogP contribution in [0.3, 0.4) is 0 Å². The molecule has 1 aliphatic heterocycles. The summed E-state index contributed by atoms with van der Waals surface area (Å²) in [7, 11) is 0. The fraction of sp³-hybridized carbons (Fsp3) is 0.333. The number of aryl methyl sites for hydroxylation is 1. The lowest BCUT2D eigenvalue weighted by Crippen LogP contribution is -2.40. The van der Waals surface area contributed by atoms with Crippen LogP contribution < -0.4 is 5.32 Å². The first-order valence-electron chi connectivity index (χ1n) is 9.46. The van der Waals surface area contributed by atoms with Gasteiger partial charge < -0.3 is 14.5 Å². The maximum atomic E-state index is 12.6. The van der Waals surface area contributed by atoms with Gasteiger partial charge in [0.1, 0.15) is 5.00 Å². The van der Waals surface area contributed by atoms with E-state index in [1.54, 1.807) is 23.5 Å². The van der Waals surface area contributed by atoms with Gasteiger partial charge in [-0.3, -0.25) is 14.7 Å². The molecule has 0 bridgehead atoms. The van der Waals surface area contributed by atoms with Crippen LogP contribution in [0.15, 0.2) is 53.3 Å². The van der Waals surface area contributed by atoms with E-state index in [2.05, 4.69) is 28.2 Å². The van der Waals surface area contributed by atoms with Crippen molar-refractivity contribution in [3.05, 3.63) is 70.8 Å². The highest BCUT2D eigenvalue weighted by atomic mass is 32.1. The molecule has 7 heteroatoms. The zero-order valence-corrected chi connectivity index (χ0v) is 16.6. The lowest BCUT2D eigenvalue weighted by molar-refractivity contribution is 0.0234. The summed E-state index contributed by atoms with van der Waals surface area (Å²) >= 11 is 1.61. The van der Waals surface area contributed by atoms with Crippen molar-refractivity contribution in [2.45, 2.75) is 19.4 Å². The molecule has 0 spiro atoms. The van der Waals surface area contributed by atoms with Gasteiger partial charge in [0.05, 0.1) is 31.2 Å². The Balaban J connectivity index is 1.72. The summed E-state index contributed by atoms with van der Waals surface area (Å²) in [6.45, 7) is 5.16. The molecule has 4 rings (SSSR count). The summed E-state index contributed by atoms with van der Waals surface area (Å²) in [5.41, 5.74) is 2.04. The molecule has 0 saturated carbocycles. The molecule has 1 amide bonds. The Bertz CT molecular complexity index is 902. The fourth-order valence-electron chi connectivity index (χ4n) is 3.42. The van der Waals surface area contributed by atoms with Gasteiger partial charge in [-0.1, -0.05) is 13.0 Å². The summed E-state index contributed by atoms with van der Waals surface area (Å²) in [4.78, 5) is 20.8. The molecular weight excluding hydrogens is 374 g/mol. The summed E-state index contributed by atoms with van der Waals surface area (Å²) in [6.07, 6.45) is 4.23. The minimum atomic E-state index is -0.238. The van der Waals surface area contributed by atoms with Crippen LogP contribution in [0, 0.1) is 0 Å². The minimum Gasteiger partial charge on any atom is -0.459 e. The number of carbonyl (C=O) groups excluding carboxylic acids is 1. The number of hydrogen-bond donors (Lipinski definition) is 1. The Hall–Kier alpha value is -2.48. The van der Waals surface area contributed by atoms with Gasteiger partial charge in [0.15, 0.2) is 5.76 Å². The monoisotopic (exact) mass is 397 g/mol. The highest BCUT2D eigenvalue weighted by molar-refractivity contribution is 7.16. The Morgan fingerprint density at radius 2 is 2.14 bits per heavy atom. The molecule has 0 radical (unpaired) electrons. The largest absolute Gasteiger partial charge is 0.459 e. The third-order valence-corrected chi connectivity index (χ3v) is 6.02. The maximum absolute atomic E-state index is 12.6. The predicted octanol–water partition coefficient (Wildman–Crippen LogP) is 3.97. The van der Waals surface area contributed by atoms with Crippen LogP contribution in [0.1, 0.15) is 39.7 Å². The van der Waals surface area contributed by atoms with E-state index >= 15 is 0 Å². The molecule has 1 atom stereocenters. The zero-order chi connectivity index (χ0) is 19.3. The standard InChI is InChI=1S/C21H23N3O3S/c1-2-15-14-16(21(28-15)23-20(25)18-7-5-11-27-18)19(17-6-3-4-8-22-17)24-9-12-26-13-10-24/h3-8,11,14,19H,2,9-10,12-13H2,1H3,(H,23,25)/t19-/m1/s1. The number of aromatic nitrogens is 1. The van der Waals surface area contributed by atoms with E-state index in [0.717, 1.165) is 35.8 Å². The smallest absolute Gasteiger partial charge is 0.291 e. The van der Waals surface area contributed by atoms with Crippen LogP contribution in [0.2, 0.25) is 0 Å². The normalized spacial score (nSPS) is 16.0. The molecule has 1 N–H and O–H groups in total. The lowest BCUT2D eigenvalue weighted by Gasteiger charge is -2.34. The summed E-state index contributed by atoms with van der Waals surface area (Å²) in [5, 5.41) is 3.90. The number of furan rings is 1. The first-order valence-corrected chi connectivity index (χ1v) is 10.3. The van der Waals surface area contributed by atoms with E-state index in [0.29, 0.717) is 19.0 Å². The van der Waals surface area contributed by atoms with Crippen LogP contribution in [0.25, 0.3) is 0 Å². The highest BCUT2D eigenvalue weighted by Crippen LogP contribution is 2.39. The molecular formula is C21H23N3O3S. The van der Waals surface area contributed by atoms with E-state index in [1.807, 2.05) is 24.4 Å². The summed E-state index contributed by atoms with van der Waals surface area (Å²) in [5.74, 6) is 0.0654. The van der Waals surface area contributed by atoms with E-state index < -0.39 is 0 Å². The maximum Gasteiger partial charge on any atom is 0.291 e. The lowest BCUT2D eigenvalue weighted by atomic mass is 10.0. The average molecular weight is 398 g/mol.